The van der Waals surface area contributed by atoms with Crippen LogP contribution in [0.3, 0.4) is 0 Å². The average Bonchev–Trinajstić information content (AvgIpc) is 1.18. The van der Waals surface area contributed by atoms with E-state index in [1.54, 1.807) is 112 Å². The Balaban J connectivity index is 0.000000135. The highest BCUT2D eigenvalue weighted by Crippen LogP contribution is 2.41. The number of hydrogen-bond donors (Lipinski definition) is 1. The lowest BCUT2D eigenvalue weighted by Gasteiger charge is -2.33. The predicted molar refractivity (Wildman–Crippen MR) is 550 cm³/mol. The van der Waals surface area contributed by atoms with E-state index in [1.807, 2.05) is 202 Å². The molecule has 0 atom stereocenters. The van der Waals surface area contributed by atoms with E-state index in [1.165, 1.54) is 19.4 Å². The van der Waals surface area contributed by atoms with Gasteiger partial charge in [-0.1, -0.05) is 6.07 Å². The van der Waals surface area contributed by atoms with Gasteiger partial charge in [0.05, 0.1) is 166 Å². The molecule has 0 radical (unpaired) electrons. The SMILES string of the molecule is COc1cc(CN(C)C)cc(N(CCCO)c2ccc3ncc(-c4cnn(C)c4)nc3c2)c1.COc1cc(OC)cc(N(CCCN2CCCC2(C)C)c2ccc3ncc(-c4cnn(C)c4)nc3c2)c1.COc1cc(OC)cc(N(CCn2c(C)cnc2C)c2ccc3ncc(-c4cnn(C)c4)nc3c2)c1.COc1cc(OC)cc(N(Cc2cccnc2)c2ccc3ncc(-c4cnn(C)c4)nc3c2)c1. The largest absolute Gasteiger partial charge is 0.497 e. The zero-order chi connectivity index (χ0) is 98.1. The maximum Gasteiger partial charge on any atom is 0.124 e. The number of hydrogen-bond acceptors (Lipinski definition) is 28. The predicted octanol–water partition coefficient (Wildman–Crippen LogP) is 18.6. The van der Waals surface area contributed by atoms with Crippen molar-refractivity contribution in [3.63, 3.8) is 0 Å². The van der Waals surface area contributed by atoms with Gasteiger partial charge < -0.3 is 67.3 Å². The minimum Gasteiger partial charge on any atom is -0.497 e. The van der Waals surface area contributed by atoms with E-state index in [-0.39, 0.29) is 12.1 Å². The second kappa shape index (κ2) is 44.4. The maximum atomic E-state index is 9.53. The fourth-order valence-corrected chi connectivity index (χ4v) is 17.2. The van der Waals surface area contributed by atoms with E-state index in [4.69, 9.17) is 53.1 Å². The van der Waals surface area contributed by atoms with Crippen LogP contribution in [-0.2, 0) is 47.8 Å². The molecule has 1 aliphatic rings. The highest BCUT2D eigenvalue weighted by molar-refractivity contribution is 5.87. The molecule has 140 heavy (non-hydrogen) atoms. The Labute approximate surface area is 814 Å². The van der Waals surface area contributed by atoms with E-state index in [0.29, 0.717) is 37.6 Å². The molecule has 8 aromatic carbocycles. The minimum atomic E-state index is 0.115. The molecule has 11 heterocycles. The molecule has 0 unspecified atom stereocenters. The summed E-state index contributed by atoms with van der Waals surface area (Å²) in [6.07, 6.45) is 31.8. The lowest BCUT2D eigenvalue weighted by molar-refractivity contribution is 0.174. The molecule has 0 saturated carbocycles. The number of fused-ring (bicyclic) bond motifs is 4. The van der Waals surface area contributed by atoms with Crippen molar-refractivity contribution in [2.24, 2.45) is 28.2 Å². The summed E-state index contributed by atoms with van der Waals surface area (Å²) in [7, 11) is 23.3. The molecular formula is C107H119N25O8. The molecule has 18 aromatic rings. The number of rotatable bonds is 33. The Hall–Kier alpha value is -16.0. The van der Waals surface area contributed by atoms with Crippen molar-refractivity contribution < 1.29 is 38.3 Å². The van der Waals surface area contributed by atoms with Gasteiger partial charge in [0.1, 0.15) is 46.1 Å². The van der Waals surface area contributed by atoms with Crippen molar-refractivity contribution in [3.05, 3.63) is 273 Å². The first kappa shape index (κ1) is 97.1. The van der Waals surface area contributed by atoms with Gasteiger partial charge in [0.2, 0.25) is 0 Å². The van der Waals surface area contributed by atoms with Gasteiger partial charge in [-0.3, -0.25) is 48.5 Å². The van der Waals surface area contributed by atoms with Gasteiger partial charge in [-0.05, 0) is 176 Å². The molecule has 19 rings (SSSR count). The maximum absolute atomic E-state index is 9.53. The van der Waals surface area contributed by atoms with Gasteiger partial charge in [0.15, 0.2) is 0 Å². The molecule has 0 bridgehead atoms. The van der Waals surface area contributed by atoms with Crippen molar-refractivity contribution in [2.45, 2.75) is 78.6 Å². The van der Waals surface area contributed by atoms with Gasteiger partial charge in [0, 0.05) is 264 Å². The minimum absolute atomic E-state index is 0.115. The second-order valence-electron chi connectivity index (χ2n) is 35.1. The van der Waals surface area contributed by atoms with Crippen LogP contribution in [-0.4, -0.2) is 217 Å². The number of aryl methyl sites for hydroxylation is 6. The van der Waals surface area contributed by atoms with Crippen molar-refractivity contribution in [3.8, 4) is 85.3 Å². The number of imidazole rings is 1. The van der Waals surface area contributed by atoms with Crippen LogP contribution in [0.2, 0.25) is 0 Å². The fourth-order valence-electron chi connectivity index (χ4n) is 17.2. The summed E-state index contributed by atoms with van der Waals surface area (Å²) < 4.78 is 48.2. The number of benzene rings is 8. The lowest BCUT2D eigenvalue weighted by atomic mass is 10.0. The van der Waals surface area contributed by atoms with Gasteiger partial charge in [0.25, 0.3) is 0 Å². The second-order valence-corrected chi connectivity index (χ2v) is 35.1. The summed E-state index contributed by atoms with van der Waals surface area (Å²) in [5.74, 6) is 6.19. The molecule has 0 amide bonds. The Morgan fingerprint density at radius 1 is 0.357 bits per heavy atom. The van der Waals surface area contributed by atoms with Crippen molar-refractivity contribution in [2.75, 3.05) is 123 Å². The number of methoxy groups -OCH3 is 7. The highest BCUT2D eigenvalue weighted by Gasteiger charge is 2.32. The molecule has 0 aliphatic carbocycles. The van der Waals surface area contributed by atoms with Gasteiger partial charge in [-0.15, -0.1) is 0 Å². The third-order valence-electron chi connectivity index (χ3n) is 24.6. The van der Waals surface area contributed by atoms with Gasteiger partial charge in [-0.2, -0.15) is 20.4 Å². The molecule has 1 N–H and O–H groups in total. The van der Waals surface area contributed by atoms with E-state index in [2.05, 4.69) is 160 Å². The molecule has 1 fully saturated rings. The Morgan fingerprint density at radius 2 is 0.721 bits per heavy atom. The standard InChI is InChI=1S/C29H36N6O2.C27H29N7O2.C26H24N6O2.C25H30N6O2/c1-29(2)10-6-11-34(29)12-7-13-35(23-14-24(36-4)17-25(15-23)37-5)22-8-9-26-27(16-22)32-28(19-30-26)21-18-31-33(3)20-21;1-18-14-28-19(2)33(18)8-9-34(22-10-23(35-4)13-24(11-22)36-5)21-6-7-25-26(12-21)31-27(16-29-25)20-15-30-32(3)17-20;1-31-17-19(14-29-31)26-15-28-24-7-6-20(11-25(24)30-26)32(16-18-5-4-8-27-13-18)21-9-22(33-2)12-23(10-21)34-3;1-29(2)16-18-10-21(12-22(11-18)33-4)31(8-5-9-32)20-6-7-23-24(13-20)28-25(15-26-23)19-14-27-30(3)17-19/h8-9,14-20H,6-7,10-13H2,1-5H3;6-7,10-17H,8-9H2,1-5H3;4-15,17H,16H2,1-3H3;6-7,10-15,17,32H,5,8-9,16H2,1-4H3. The molecule has 1 saturated heterocycles. The van der Waals surface area contributed by atoms with Crippen LogP contribution in [0, 0.1) is 13.8 Å². The number of ether oxygens (including phenoxy) is 7. The van der Waals surface area contributed by atoms with E-state index in [0.717, 1.165) is 219 Å². The van der Waals surface area contributed by atoms with Crippen molar-refractivity contribution in [1.29, 1.82) is 0 Å². The first-order chi connectivity index (χ1) is 67.9. The van der Waals surface area contributed by atoms with Crippen LogP contribution >= 0.6 is 0 Å². The molecule has 720 valence electrons. The third kappa shape index (κ3) is 23.6. The third-order valence-corrected chi connectivity index (χ3v) is 24.6. The summed E-state index contributed by atoms with van der Waals surface area (Å²) in [5.41, 5.74) is 25.0. The zero-order valence-corrected chi connectivity index (χ0v) is 82.3. The van der Waals surface area contributed by atoms with Crippen molar-refractivity contribution in [1.82, 2.24) is 103 Å². The van der Waals surface area contributed by atoms with Crippen LogP contribution in [0.1, 0.15) is 62.2 Å². The van der Waals surface area contributed by atoms with Gasteiger partial charge in [-0.25, -0.2) is 24.9 Å². The number of anilines is 8. The normalized spacial score (nSPS) is 12.2. The average molecular weight is 1880 g/mol. The number of aromatic nitrogens is 19. The van der Waals surface area contributed by atoms with E-state index >= 15 is 0 Å². The van der Waals surface area contributed by atoms with Crippen LogP contribution in [0.5, 0.6) is 40.2 Å². The van der Waals surface area contributed by atoms with Crippen LogP contribution < -0.4 is 52.8 Å². The monoisotopic (exact) mass is 1880 g/mol. The molecule has 1 aliphatic heterocycles. The van der Waals surface area contributed by atoms with Gasteiger partial charge >= 0.3 is 0 Å². The first-order valence-corrected chi connectivity index (χ1v) is 46.3. The van der Waals surface area contributed by atoms with Crippen molar-refractivity contribution >= 4 is 89.6 Å². The summed E-state index contributed by atoms with van der Waals surface area (Å²) in [6, 6.07) is 52.6. The smallest absolute Gasteiger partial charge is 0.124 e. The quantitative estimate of drug-likeness (QED) is 0.0399. The van der Waals surface area contributed by atoms with E-state index < -0.39 is 0 Å². The molecule has 0 spiro atoms. The zero-order valence-electron chi connectivity index (χ0n) is 82.3. The van der Waals surface area contributed by atoms with Crippen LogP contribution in [0.25, 0.3) is 89.2 Å². The Kier molecular flexibility index (Phi) is 30.8. The molecule has 10 aromatic heterocycles. The summed E-state index contributed by atoms with van der Waals surface area (Å²) >= 11 is 0. The number of pyridine rings is 1. The molecule has 33 heteroatoms. The molecule has 33 nitrogen and oxygen atoms in total. The topological polar surface area (TPSA) is 309 Å². The fraction of sp³-hybridized carbons (Fsp3) is 0.290. The first-order valence-electron chi connectivity index (χ1n) is 46.3. The number of nitrogens with zero attached hydrogens (tertiary/aromatic N) is 25. The molecular weight excluding hydrogens is 1760 g/mol. The lowest BCUT2D eigenvalue weighted by Crippen LogP contribution is -2.39. The highest BCUT2D eigenvalue weighted by atomic mass is 16.5. The summed E-state index contributed by atoms with van der Waals surface area (Å²) in [5, 5.41) is 26.6. The van der Waals surface area contributed by atoms with Crippen LogP contribution in [0.15, 0.2) is 251 Å². The summed E-state index contributed by atoms with van der Waals surface area (Å²) in [4.78, 5) is 60.4. The number of likely N-dealkylation sites (tertiary alicyclic amines) is 1. The summed E-state index contributed by atoms with van der Waals surface area (Å²) in [6.45, 7) is 15.5. The van der Waals surface area contributed by atoms with E-state index in [9.17, 15) is 5.11 Å². The Morgan fingerprint density at radius 3 is 1.05 bits per heavy atom. The van der Waals surface area contributed by atoms with Crippen LogP contribution in [0.4, 0.5) is 45.5 Å². The Bertz CT molecular complexity index is 7190. The number of aliphatic hydroxyl groups excluding tert-OH is 1. The number of aliphatic hydroxyl groups is 1.